The van der Waals surface area contributed by atoms with Crippen LogP contribution in [0.15, 0.2) is 24.3 Å². The van der Waals surface area contributed by atoms with Crippen LogP contribution in [0, 0.1) is 11.2 Å². The number of anilines is 1. The third kappa shape index (κ3) is 5.30. The average molecular weight is 405 g/mol. The first-order valence-corrected chi connectivity index (χ1v) is 11.4. The van der Waals surface area contributed by atoms with Crippen LogP contribution in [0.1, 0.15) is 65.7 Å². The van der Waals surface area contributed by atoms with Gasteiger partial charge in [-0.05, 0) is 50.5 Å². The SMILES string of the molecule is CCCCC1(CCC)C[C@H](CCN2CCN(c3ccc(F)cc3)C[C@@H]2C)OC1=O. The predicted octanol–water partition coefficient (Wildman–Crippen LogP) is 5.02. The number of ether oxygens (including phenoxy) is 1. The Morgan fingerprint density at radius 3 is 2.55 bits per heavy atom. The number of hydrogen-bond donors (Lipinski definition) is 0. The molecular weight excluding hydrogens is 367 g/mol. The number of piperazine rings is 1. The Hall–Kier alpha value is -1.62. The molecule has 2 heterocycles. The standard InChI is InChI=1S/C24H37FN2O2/c1-4-6-13-24(12-5-2)17-22(29-23(24)28)11-14-26-15-16-27(18-19(26)3)21-9-7-20(25)8-10-21/h7-10,19,22H,4-6,11-18H2,1-3H3/t19-,22-,24?/m0/s1. The third-order valence-corrected chi connectivity index (χ3v) is 6.76. The molecule has 0 spiro atoms. The number of nitrogens with zero attached hydrogens (tertiary/aromatic N) is 2. The molecule has 3 rings (SSSR count). The lowest BCUT2D eigenvalue weighted by Gasteiger charge is -2.41. The zero-order chi connectivity index (χ0) is 20.9. The number of rotatable bonds is 9. The van der Waals surface area contributed by atoms with E-state index in [1.807, 2.05) is 12.1 Å². The Morgan fingerprint density at radius 1 is 1.14 bits per heavy atom. The van der Waals surface area contributed by atoms with E-state index in [0.717, 1.165) is 76.8 Å². The Morgan fingerprint density at radius 2 is 1.90 bits per heavy atom. The monoisotopic (exact) mass is 404 g/mol. The van der Waals surface area contributed by atoms with Crippen LogP contribution in [0.3, 0.4) is 0 Å². The van der Waals surface area contributed by atoms with Crippen LogP contribution in [0.5, 0.6) is 0 Å². The van der Waals surface area contributed by atoms with Gasteiger partial charge in [-0.2, -0.15) is 0 Å². The van der Waals surface area contributed by atoms with Crippen LogP contribution in [0.4, 0.5) is 10.1 Å². The predicted molar refractivity (Wildman–Crippen MR) is 116 cm³/mol. The number of cyclic esters (lactones) is 1. The van der Waals surface area contributed by atoms with Crippen molar-refractivity contribution in [3.05, 3.63) is 30.1 Å². The molecule has 0 bridgehead atoms. The number of benzene rings is 1. The first kappa shape index (κ1) is 22.1. The fourth-order valence-electron chi connectivity index (χ4n) is 5.05. The van der Waals surface area contributed by atoms with Gasteiger partial charge in [0.25, 0.3) is 0 Å². The Kier molecular flexibility index (Phi) is 7.55. The second-order valence-corrected chi connectivity index (χ2v) is 8.96. The molecule has 2 saturated heterocycles. The zero-order valence-electron chi connectivity index (χ0n) is 18.3. The fourth-order valence-corrected chi connectivity index (χ4v) is 5.05. The Labute approximate surface area is 175 Å². The van der Waals surface area contributed by atoms with E-state index in [4.69, 9.17) is 4.74 Å². The minimum atomic E-state index is -0.234. The molecule has 0 aromatic heterocycles. The lowest BCUT2D eigenvalue weighted by Crippen LogP contribution is -2.52. The van der Waals surface area contributed by atoms with E-state index in [9.17, 15) is 9.18 Å². The van der Waals surface area contributed by atoms with Crippen LogP contribution in [0.2, 0.25) is 0 Å². The molecule has 2 aliphatic heterocycles. The van der Waals surface area contributed by atoms with Gasteiger partial charge in [0.1, 0.15) is 11.9 Å². The van der Waals surface area contributed by atoms with Crippen LogP contribution < -0.4 is 4.90 Å². The highest BCUT2D eigenvalue weighted by molar-refractivity contribution is 5.79. The summed E-state index contributed by atoms with van der Waals surface area (Å²) in [5.41, 5.74) is 0.852. The van der Waals surface area contributed by atoms with Gasteiger partial charge in [-0.1, -0.05) is 33.1 Å². The molecule has 29 heavy (non-hydrogen) atoms. The van der Waals surface area contributed by atoms with Gasteiger partial charge in [0.15, 0.2) is 0 Å². The molecule has 1 aromatic rings. The average Bonchev–Trinajstić information content (AvgIpc) is 3.02. The van der Waals surface area contributed by atoms with Crippen molar-refractivity contribution in [2.24, 2.45) is 5.41 Å². The molecule has 0 N–H and O–H groups in total. The van der Waals surface area contributed by atoms with Gasteiger partial charge in [0.05, 0.1) is 5.41 Å². The maximum Gasteiger partial charge on any atom is 0.312 e. The molecular formula is C24H37FN2O2. The Bertz CT molecular complexity index is 665. The van der Waals surface area contributed by atoms with Gasteiger partial charge >= 0.3 is 5.97 Å². The normalized spacial score (nSPS) is 28.0. The van der Waals surface area contributed by atoms with Crippen molar-refractivity contribution in [2.75, 3.05) is 31.1 Å². The van der Waals surface area contributed by atoms with E-state index in [-0.39, 0.29) is 23.3 Å². The molecule has 1 aromatic carbocycles. The number of hydrogen-bond acceptors (Lipinski definition) is 4. The minimum Gasteiger partial charge on any atom is -0.462 e. The summed E-state index contributed by atoms with van der Waals surface area (Å²) >= 11 is 0. The number of carbonyl (C=O) groups is 1. The summed E-state index contributed by atoms with van der Waals surface area (Å²) in [5, 5.41) is 0. The van der Waals surface area contributed by atoms with Gasteiger partial charge in [0.2, 0.25) is 0 Å². The van der Waals surface area contributed by atoms with Gasteiger partial charge < -0.3 is 9.64 Å². The largest absolute Gasteiger partial charge is 0.462 e. The van der Waals surface area contributed by atoms with E-state index in [1.165, 1.54) is 12.1 Å². The maximum atomic E-state index is 13.2. The first-order valence-electron chi connectivity index (χ1n) is 11.4. The van der Waals surface area contributed by atoms with Crippen LogP contribution in [-0.2, 0) is 9.53 Å². The molecule has 2 fully saturated rings. The summed E-state index contributed by atoms with van der Waals surface area (Å²) < 4.78 is 19.0. The highest BCUT2D eigenvalue weighted by atomic mass is 19.1. The minimum absolute atomic E-state index is 0.0481. The van der Waals surface area contributed by atoms with Crippen molar-refractivity contribution in [3.8, 4) is 0 Å². The second-order valence-electron chi connectivity index (χ2n) is 8.96. The van der Waals surface area contributed by atoms with Gasteiger partial charge in [-0.25, -0.2) is 4.39 Å². The van der Waals surface area contributed by atoms with Crippen LogP contribution >= 0.6 is 0 Å². The molecule has 1 unspecified atom stereocenters. The van der Waals surface area contributed by atoms with E-state index >= 15 is 0 Å². The van der Waals surface area contributed by atoms with E-state index < -0.39 is 0 Å². The summed E-state index contributed by atoms with van der Waals surface area (Å²) in [6.45, 7) is 10.4. The van der Waals surface area contributed by atoms with Gasteiger partial charge in [-0.15, -0.1) is 0 Å². The smallest absolute Gasteiger partial charge is 0.312 e. The highest BCUT2D eigenvalue weighted by Crippen LogP contribution is 2.43. The lowest BCUT2D eigenvalue weighted by atomic mass is 9.76. The summed E-state index contributed by atoms with van der Waals surface area (Å²) in [6.07, 6.45) is 7.06. The topological polar surface area (TPSA) is 32.8 Å². The maximum absolute atomic E-state index is 13.2. The van der Waals surface area contributed by atoms with Crippen molar-refractivity contribution in [3.63, 3.8) is 0 Å². The van der Waals surface area contributed by atoms with Crippen LogP contribution in [-0.4, -0.2) is 49.2 Å². The van der Waals surface area contributed by atoms with Crippen LogP contribution in [0.25, 0.3) is 0 Å². The van der Waals surface area contributed by atoms with Crippen molar-refractivity contribution < 1.29 is 13.9 Å². The lowest BCUT2D eigenvalue weighted by molar-refractivity contribution is -0.149. The molecule has 0 saturated carbocycles. The fraction of sp³-hybridized carbons (Fsp3) is 0.708. The number of esters is 1. The summed E-state index contributed by atoms with van der Waals surface area (Å²) in [5.74, 6) is -0.142. The Balaban J connectivity index is 1.50. The summed E-state index contributed by atoms with van der Waals surface area (Å²) in [7, 11) is 0. The highest BCUT2D eigenvalue weighted by Gasteiger charge is 2.47. The summed E-state index contributed by atoms with van der Waals surface area (Å²) in [4.78, 5) is 17.5. The molecule has 3 atom stereocenters. The number of carbonyl (C=O) groups excluding carboxylic acids is 1. The molecule has 0 aliphatic carbocycles. The van der Waals surface area contributed by atoms with E-state index in [1.54, 1.807) is 0 Å². The van der Waals surface area contributed by atoms with E-state index in [0.29, 0.717) is 6.04 Å². The number of halogens is 1. The van der Waals surface area contributed by atoms with Crippen molar-refractivity contribution in [2.45, 2.75) is 77.9 Å². The molecule has 4 nitrogen and oxygen atoms in total. The second kappa shape index (κ2) is 9.92. The third-order valence-electron chi connectivity index (χ3n) is 6.76. The summed E-state index contributed by atoms with van der Waals surface area (Å²) in [6, 6.07) is 7.20. The molecule has 0 amide bonds. The number of unbranched alkanes of at least 4 members (excludes halogenated alkanes) is 1. The van der Waals surface area contributed by atoms with Crippen molar-refractivity contribution in [1.29, 1.82) is 0 Å². The molecule has 162 valence electrons. The molecule has 5 heteroatoms. The molecule has 0 radical (unpaired) electrons. The molecule has 2 aliphatic rings. The zero-order valence-corrected chi connectivity index (χ0v) is 18.3. The van der Waals surface area contributed by atoms with Gasteiger partial charge in [-0.3, -0.25) is 9.69 Å². The quantitative estimate of drug-likeness (QED) is 0.541. The van der Waals surface area contributed by atoms with E-state index in [2.05, 4.69) is 30.6 Å². The van der Waals surface area contributed by atoms with Gasteiger partial charge in [0, 0.05) is 44.3 Å². The van der Waals surface area contributed by atoms with Crippen molar-refractivity contribution >= 4 is 11.7 Å². The first-order chi connectivity index (χ1) is 14.0. The van der Waals surface area contributed by atoms with Crippen molar-refractivity contribution in [1.82, 2.24) is 4.90 Å².